The molecule has 3 rings (SSSR count). The van der Waals surface area contributed by atoms with Gasteiger partial charge in [0.15, 0.2) is 11.5 Å². The zero-order valence-electron chi connectivity index (χ0n) is 9.23. The van der Waals surface area contributed by atoms with Crippen LogP contribution in [0, 0.1) is 6.92 Å². The van der Waals surface area contributed by atoms with E-state index in [1.54, 1.807) is 4.68 Å². The number of nitrogens with zero attached hydrogens (tertiary/aromatic N) is 3. The van der Waals surface area contributed by atoms with E-state index >= 15 is 0 Å². The van der Waals surface area contributed by atoms with Gasteiger partial charge in [0.05, 0.1) is 10.9 Å². The number of aromatic nitrogens is 3. The van der Waals surface area contributed by atoms with Crippen LogP contribution in [-0.2, 0) is 7.05 Å². The molecule has 0 amide bonds. The van der Waals surface area contributed by atoms with Crippen molar-refractivity contribution < 1.29 is 0 Å². The third kappa shape index (κ3) is 1.16. The van der Waals surface area contributed by atoms with Crippen LogP contribution in [0.15, 0.2) is 24.3 Å². The van der Waals surface area contributed by atoms with Crippen LogP contribution in [0.1, 0.15) is 5.56 Å². The number of aryl methyl sites for hydroxylation is 2. The summed E-state index contributed by atoms with van der Waals surface area (Å²) >= 11 is 0. The summed E-state index contributed by atoms with van der Waals surface area (Å²) in [5.41, 5.74) is 8.85. The molecule has 3 aromatic rings. The molecule has 0 saturated heterocycles. The fourth-order valence-electron chi connectivity index (χ4n) is 1.98. The quantitative estimate of drug-likeness (QED) is 0.620. The predicted octanol–water partition coefficient (Wildman–Crippen LogP) is 2.01. The molecule has 80 valence electrons. The zero-order chi connectivity index (χ0) is 11.3. The van der Waals surface area contributed by atoms with Crippen molar-refractivity contribution in [2.45, 2.75) is 6.92 Å². The van der Waals surface area contributed by atoms with E-state index in [-0.39, 0.29) is 0 Å². The molecule has 4 nitrogen and oxygen atoms in total. The Kier molecular flexibility index (Phi) is 1.68. The molecule has 2 N–H and O–H groups in total. The molecule has 0 atom stereocenters. The number of fused-ring (bicyclic) bond motifs is 2. The molecule has 1 aromatic carbocycles. The Hall–Kier alpha value is -2.10. The molecule has 0 radical (unpaired) electrons. The first-order chi connectivity index (χ1) is 7.65. The highest BCUT2D eigenvalue weighted by Crippen LogP contribution is 2.23. The topological polar surface area (TPSA) is 56.7 Å². The van der Waals surface area contributed by atoms with Crippen LogP contribution >= 0.6 is 0 Å². The summed E-state index contributed by atoms with van der Waals surface area (Å²) in [6.45, 7) is 2.07. The molecular formula is C12H12N4. The van der Waals surface area contributed by atoms with Gasteiger partial charge in [-0.15, -0.1) is 0 Å². The van der Waals surface area contributed by atoms with Gasteiger partial charge in [-0.1, -0.05) is 11.6 Å². The second kappa shape index (κ2) is 2.95. The second-order valence-corrected chi connectivity index (χ2v) is 4.06. The highest BCUT2D eigenvalue weighted by molar-refractivity contribution is 5.96. The van der Waals surface area contributed by atoms with E-state index in [1.165, 1.54) is 5.56 Å². The molecule has 2 aromatic heterocycles. The van der Waals surface area contributed by atoms with Crippen molar-refractivity contribution in [3.8, 4) is 0 Å². The Balaban J connectivity index is 2.51. The van der Waals surface area contributed by atoms with Crippen molar-refractivity contribution in [1.29, 1.82) is 0 Å². The van der Waals surface area contributed by atoms with Gasteiger partial charge >= 0.3 is 0 Å². The largest absolute Gasteiger partial charge is 0.382 e. The zero-order valence-corrected chi connectivity index (χ0v) is 9.23. The summed E-state index contributed by atoms with van der Waals surface area (Å²) in [5.74, 6) is 0.536. The smallest absolute Gasteiger partial charge is 0.160 e. The van der Waals surface area contributed by atoms with E-state index in [1.807, 2.05) is 19.2 Å². The van der Waals surface area contributed by atoms with Gasteiger partial charge in [0.1, 0.15) is 0 Å². The first kappa shape index (κ1) is 9.15. The Morgan fingerprint density at radius 3 is 2.88 bits per heavy atom. The average molecular weight is 212 g/mol. The molecule has 0 aliphatic heterocycles. The maximum absolute atomic E-state index is 5.83. The minimum absolute atomic E-state index is 0.536. The molecule has 0 bridgehead atoms. The predicted molar refractivity (Wildman–Crippen MR) is 65.2 cm³/mol. The number of nitrogens with two attached hydrogens (primary N) is 1. The van der Waals surface area contributed by atoms with Gasteiger partial charge in [-0.2, -0.15) is 5.10 Å². The van der Waals surface area contributed by atoms with E-state index in [2.05, 4.69) is 29.1 Å². The standard InChI is InChI=1S/C12H12N4/c1-7-3-4-10-8(5-7)6-9-11(13)15-16(2)12(9)14-10/h3-6H,1-2H3,(H2,13,15). The normalized spacial score (nSPS) is 11.4. The number of pyridine rings is 1. The maximum atomic E-state index is 5.83. The van der Waals surface area contributed by atoms with Crippen molar-refractivity contribution in [3.05, 3.63) is 29.8 Å². The number of rotatable bonds is 0. The van der Waals surface area contributed by atoms with Crippen LogP contribution < -0.4 is 5.73 Å². The van der Waals surface area contributed by atoms with Crippen LogP contribution in [0.2, 0.25) is 0 Å². The van der Waals surface area contributed by atoms with Gasteiger partial charge in [-0.25, -0.2) is 9.67 Å². The summed E-state index contributed by atoms with van der Waals surface area (Å²) < 4.78 is 1.71. The summed E-state index contributed by atoms with van der Waals surface area (Å²) in [7, 11) is 1.85. The molecule has 0 spiro atoms. The van der Waals surface area contributed by atoms with Crippen molar-refractivity contribution >= 4 is 27.8 Å². The van der Waals surface area contributed by atoms with Crippen molar-refractivity contribution in [2.24, 2.45) is 7.05 Å². The summed E-state index contributed by atoms with van der Waals surface area (Å²) in [6.07, 6.45) is 0. The minimum Gasteiger partial charge on any atom is -0.382 e. The highest BCUT2D eigenvalue weighted by atomic mass is 15.3. The monoisotopic (exact) mass is 212 g/mol. The third-order valence-electron chi connectivity index (χ3n) is 2.79. The molecule has 0 fully saturated rings. The lowest BCUT2D eigenvalue weighted by atomic mass is 10.1. The minimum atomic E-state index is 0.536. The number of benzene rings is 1. The number of hydrogen-bond acceptors (Lipinski definition) is 3. The first-order valence-electron chi connectivity index (χ1n) is 5.15. The van der Waals surface area contributed by atoms with Crippen LogP contribution in [0.4, 0.5) is 5.82 Å². The summed E-state index contributed by atoms with van der Waals surface area (Å²) in [6, 6.07) is 8.23. The maximum Gasteiger partial charge on any atom is 0.160 e. The first-order valence-corrected chi connectivity index (χ1v) is 5.15. The van der Waals surface area contributed by atoms with Crippen LogP contribution in [0.3, 0.4) is 0 Å². The highest BCUT2D eigenvalue weighted by Gasteiger charge is 2.08. The fraction of sp³-hybridized carbons (Fsp3) is 0.167. The lowest BCUT2D eigenvalue weighted by Crippen LogP contribution is -1.92. The molecule has 2 heterocycles. The van der Waals surface area contributed by atoms with Gasteiger partial charge in [0, 0.05) is 12.4 Å². The Bertz CT molecular complexity index is 697. The Labute approximate surface area is 92.7 Å². The van der Waals surface area contributed by atoms with Crippen LogP contribution in [0.25, 0.3) is 21.9 Å². The molecule has 4 heteroatoms. The molecular weight excluding hydrogens is 200 g/mol. The van der Waals surface area contributed by atoms with E-state index in [9.17, 15) is 0 Å². The third-order valence-corrected chi connectivity index (χ3v) is 2.79. The van der Waals surface area contributed by atoms with E-state index in [4.69, 9.17) is 5.73 Å². The van der Waals surface area contributed by atoms with Crippen molar-refractivity contribution in [3.63, 3.8) is 0 Å². The van der Waals surface area contributed by atoms with E-state index in [0.717, 1.165) is 21.9 Å². The van der Waals surface area contributed by atoms with Gasteiger partial charge in [0.2, 0.25) is 0 Å². The van der Waals surface area contributed by atoms with E-state index in [0.29, 0.717) is 5.82 Å². The molecule has 0 aliphatic carbocycles. The molecule has 0 saturated carbocycles. The van der Waals surface area contributed by atoms with Crippen molar-refractivity contribution in [2.75, 3.05) is 5.73 Å². The van der Waals surface area contributed by atoms with Crippen LogP contribution in [0.5, 0.6) is 0 Å². The SMILES string of the molecule is Cc1ccc2nc3c(cc2c1)c(N)nn3C. The average Bonchev–Trinajstić information content (AvgIpc) is 2.52. The molecule has 16 heavy (non-hydrogen) atoms. The number of nitrogen functional groups attached to an aromatic ring is 1. The van der Waals surface area contributed by atoms with Gasteiger partial charge in [-0.05, 0) is 25.1 Å². The lowest BCUT2D eigenvalue weighted by Gasteiger charge is -2.00. The lowest BCUT2D eigenvalue weighted by molar-refractivity contribution is 0.792. The number of anilines is 1. The van der Waals surface area contributed by atoms with Crippen molar-refractivity contribution in [1.82, 2.24) is 14.8 Å². The van der Waals surface area contributed by atoms with Gasteiger partial charge in [0.25, 0.3) is 0 Å². The summed E-state index contributed by atoms with van der Waals surface area (Å²) in [4.78, 5) is 4.56. The Morgan fingerprint density at radius 2 is 2.06 bits per heavy atom. The van der Waals surface area contributed by atoms with E-state index < -0.39 is 0 Å². The van der Waals surface area contributed by atoms with Gasteiger partial charge in [-0.3, -0.25) is 0 Å². The number of hydrogen-bond donors (Lipinski definition) is 1. The Morgan fingerprint density at radius 1 is 1.25 bits per heavy atom. The molecule has 0 unspecified atom stereocenters. The fourth-order valence-corrected chi connectivity index (χ4v) is 1.98. The van der Waals surface area contributed by atoms with Gasteiger partial charge < -0.3 is 5.73 Å². The van der Waals surface area contributed by atoms with Crippen LogP contribution in [-0.4, -0.2) is 14.8 Å². The second-order valence-electron chi connectivity index (χ2n) is 4.06. The summed E-state index contributed by atoms with van der Waals surface area (Å²) in [5, 5.41) is 6.19. The molecule has 0 aliphatic rings.